The zero-order valence-electron chi connectivity index (χ0n) is 13.6. The zero-order valence-corrected chi connectivity index (χ0v) is 13.6. The number of fused-ring (bicyclic) bond motifs is 2. The molecule has 0 bridgehead atoms. The molecule has 2 aromatic rings. The van der Waals surface area contributed by atoms with Crippen molar-refractivity contribution in [2.24, 2.45) is 5.92 Å². The molecule has 0 radical (unpaired) electrons. The van der Waals surface area contributed by atoms with Gasteiger partial charge in [-0.15, -0.1) is 0 Å². The molecule has 1 aliphatic rings. The molecule has 0 aliphatic heterocycles. The third kappa shape index (κ3) is 3.01. The molecular weight excluding hydrogens is 258 g/mol. The Bertz CT molecular complexity index is 624. The maximum absolute atomic E-state index is 6.21. The van der Waals surface area contributed by atoms with Crippen LogP contribution < -0.4 is 5.32 Å². The molecule has 114 valence electrons. The predicted molar refractivity (Wildman–Crippen MR) is 88.8 cm³/mol. The lowest BCUT2D eigenvalue weighted by Crippen LogP contribution is -2.14. The highest BCUT2D eigenvalue weighted by atomic mass is 16.3. The number of aryl methyl sites for hydroxylation is 2. The van der Waals surface area contributed by atoms with Crippen LogP contribution in [0, 0.1) is 5.92 Å². The molecule has 2 nitrogen and oxygen atoms in total. The first-order valence-electron chi connectivity index (χ1n) is 8.45. The molecule has 1 aromatic heterocycles. The van der Waals surface area contributed by atoms with Crippen molar-refractivity contribution in [3.8, 4) is 0 Å². The van der Waals surface area contributed by atoms with E-state index >= 15 is 0 Å². The van der Waals surface area contributed by atoms with Gasteiger partial charge >= 0.3 is 0 Å². The number of rotatable bonds is 6. The second-order valence-corrected chi connectivity index (χ2v) is 6.75. The van der Waals surface area contributed by atoms with E-state index in [1.807, 2.05) is 0 Å². The lowest BCUT2D eigenvalue weighted by Gasteiger charge is -2.07. The van der Waals surface area contributed by atoms with Crippen LogP contribution in [0.1, 0.15) is 56.1 Å². The number of furan rings is 1. The summed E-state index contributed by atoms with van der Waals surface area (Å²) in [5.41, 5.74) is 5.57. The molecular formula is C19H27NO. The largest absolute Gasteiger partial charge is 0.459 e. The Balaban J connectivity index is 2.00. The average molecular weight is 285 g/mol. The van der Waals surface area contributed by atoms with Crippen molar-refractivity contribution in [2.45, 2.75) is 59.4 Å². The minimum Gasteiger partial charge on any atom is -0.459 e. The molecule has 21 heavy (non-hydrogen) atoms. The highest BCUT2D eigenvalue weighted by Gasteiger charge is 2.19. The maximum atomic E-state index is 6.21. The van der Waals surface area contributed by atoms with E-state index in [9.17, 15) is 0 Å². The summed E-state index contributed by atoms with van der Waals surface area (Å²) >= 11 is 0. The lowest BCUT2D eigenvalue weighted by atomic mass is 9.97. The highest BCUT2D eigenvalue weighted by Crippen LogP contribution is 2.33. The normalized spacial score (nSPS) is 14.3. The SMILES string of the molecule is CCCNCc1oc2cc3c(cc2c1CC(C)C)CCC3. The van der Waals surface area contributed by atoms with Crippen LogP contribution in [0.3, 0.4) is 0 Å². The zero-order chi connectivity index (χ0) is 14.8. The van der Waals surface area contributed by atoms with Gasteiger partial charge in [0.15, 0.2) is 0 Å². The van der Waals surface area contributed by atoms with Gasteiger partial charge in [0.05, 0.1) is 6.54 Å². The second-order valence-electron chi connectivity index (χ2n) is 6.75. The van der Waals surface area contributed by atoms with Crippen molar-refractivity contribution in [3.05, 3.63) is 34.6 Å². The Kier molecular flexibility index (Phi) is 4.34. The van der Waals surface area contributed by atoms with Gasteiger partial charge in [-0.2, -0.15) is 0 Å². The highest BCUT2D eigenvalue weighted by molar-refractivity contribution is 5.84. The molecule has 3 rings (SSSR count). The van der Waals surface area contributed by atoms with Crippen LogP contribution >= 0.6 is 0 Å². The molecule has 0 amide bonds. The van der Waals surface area contributed by atoms with Gasteiger partial charge in [0.2, 0.25) is 0 Å². The molecule has 1 aliphatic carbocycles. The van der Waals surface area contributed by atoms with Gasteiger partial charge in [-0.25, -0.2) is 0 Å². The van der Waals surface area contributed by atoms with E-state index in [1.54, 1.807) is 5.56 Å². The molecule has 2 heteroatoms. The van der Waals surface area contributed by atoms with Crippen LogP contribution in [0.4, 0.5) is 0 Å². The molecule has 0 spiro atoms. The Morgan fingerprint density at radius 2 is 1.95 bits per heavy atom. The lowest BCUT2D eigenvalue weighted by molar-refractivity contribution is 0.500. The fraction of sp³-hybridized carbons (Fsp3) is 0.579. The standard InChI is InChI=1S/C19H27NO/c1-4-8-20-12-19-16(9-13(2)3)17-10-14-6-5-7-15(14)11-18(17)21-19/h10-11,13,20H,4-9,12H2,1-3H3. The second kappa shape index (κ2) is 6.23. The number of hydrogen-bond donors (Lipinski definition) is 1. The van der Waals surface area contributed by atoms with Gasteiger partial charge in [-0.1, -0.05) is 20.8 Å². The van der Waals surface area contributed by atoms with Crippen LogP contribution in [0.25, 0.3) is 11.0 Å². The summed E-state index contributed by atoms with van der Waals surface area (Å²) in [5, 5.41) is 4.85. The first-order chi connectivity index (χ1) is 10.2. The topological polar surface area (TPSA) is 25.2 Å². The van der Waals surface area contributed by atoms with Crippen LogP contribution in [0.2, 0.25) is 0 Å². The summed E-state index contributed by atoms with van der Waals surface area (Å²) in [6.45, 7) is 8.68. The van der Waals surface area contributed by atoms with Crippen molar-refractivity contribution < 1.29 is 4.42 Å². The molecule has 0 fully saturated rings. The van der Waals surface area contributed by atoms with Gasteiger partial charge < -0.3 is 9.73 Å². The fourth-order valence-electron chi connectivity index (χ4n) is 3.42. The molecule has 1 aromatic carbocycles. The average Bonchev–Trinajstić information content (AvgIpc) is 3.01. The Morgan fingerprint density at radius 1 is 1.19 bits per heavy atom. The molecule has 0 saturated carbocycles. The van der Waals surface area contributed by atoms with Gasteiger partial charge in [-0.05, 0) is 67.8 Å². The van der Waals surface area contributed by atoms with E-state index in [2.05, 4.69) is 38.2 Å². The van der Waals surface area contributed by atoms with Crippen molar-refractivity contribution in [1.29, 1.82) is 0 Å². The summed E-state index contributed by atoms with van der Waals surface area (Å²) in [4.78, 5) is 0. The smallest absolute Gasteiger partial charge is 0.134 e. The van der Waals surface area contributed by atoms with Gasteiger partial charge in [0.1, 0.15) is 11.3 Å². The van der Waals surface area contributed by atoms with E-state index in [4.69, 9.17) is 4.42 Å². The predicted octanol–water partition coefficient (Wildman–Crippen LogP) is 4.62. The first-order valence-corrected chi connectivity index (χ1v) is 8.45. The Morgan fingerprint density at radius 3 is 2.67 bits per heavy atom. The molecule has 0 unspecified atom stereocenters. The van der Waals surface area contributed by atoms with Gasteiger partial charge in [0.25, 0.3) is 0 Å². The third-order valence-electron chi connectivity index (χ3n) is 4.41. The molecule has 0 saturated heterocycles. The summed E-state index contributed by atoms with van der Waals surface area (Å²) < 4.78 is 6.21. The number of nitrogens with one attached hydrogen (secondary N) is 1. The quantitative estimate of drug-likeness (QED) is 0.783. The third-order valence-corrected chi connectivity index (χ3v) is 4.41. The van der Waals surface area contributed by atoms with E-state index in [-0.39, 0.29) is 0 Å². The summed E-state index contributed by atoms with van der Waals surface area (Å²) in [5.74, 6) is 1.81. The van der Waals surface area contributed by atoms with Crippen molar-refractivity contribution in [3.63, 3.8) is 0 Å². The molecule has 1 heterocycles. The van der Waals surface area contributed by atoms with E-state index in [0.717, 1.165) is 37.3 Å². The van der Waals surface area contributed by atoms with E-state index < -0.39 is 0 Å². The van der Waals surface area contributed by atoms with Crippen LogP contribution in [0.15, 0.2) is 16.5 Å². The van der Waals surface area contributed by atoms with Crippen molar-refractivity contribution in [1.82, 2.24) is 5.32 Å². The van der Waals surface area contributed by atoms with Gasteiger partial charge in [-0.3, -0.25) is 0 Å². The van der Waals surface area contributed by atoms with Gasteiger partial charge in [0, 0.05) is 10.9 Å². The number of benzene rings is 1. The van der Waals surface area contributed by atoms with Crippen molar-refractivity contribution in [2.75, 3.05) is 6.54 Å². The summed E-state index contributed by atoms with van der Waals surface area (Å²) in [6.07, 6.45) is 6.02. The fourth-order valence-corrected chi connectivity index (χ4v) is 3.42. The maximum Gasteiger partial charge on any atom is 0.134 e. The number of hydrogen-bond acceptors (Lipinski definition) is 2. The summed E-state index contributed by atoms with van der Waals surface area (Å²) in [7, 11) is 0. The Labute approximate surface area is 127 Å². The van der Waals surface area contributed by atoms with E-state index in [1.165, 1.54) is 35.8 Å². The summed E-state index contributed by atoms with van der Waals surface area (Å²) in [6, 6.07) is 4.70. The minimum atomic E-state index is 0.656. The van der Waals surface area contributed by atoms with Crippen LogP contribution in [-0.4, -0.2) is 6.54 Å². The Hall–Kier alpha value is -1.28. The van der Waals surface area contributed by atoms with Crippen molar-refractivity contribution >= 4 is 11.0 Å². The van der Waals surface area contributed by atoms with Crippen LogP contribution in [0.5, 0.6) is 0 Å². The minimum absolute atomic E-state index is 0.656. The van der Waals surface area contributed by atoms with E-state index in [0.29, 0.717) is 5.92 Å². The monoisotopic (exact) mass is 285 g/mol. The molecule has 1 N–H and O–H groups in total. The molecule has 0 atom stereocenters. The van der Waals surface area contributed by atoms with Crippen LogP contribution in [-0.2, 0) is 25.8 Å². The first kappa shape index (κ1) is 14.6.